The second-order valence-corrected chi connectivity index (χ2v) is 10.2. The fraction of sp³-hybridized carbons (Fsp3) is 0.240. The first-order chi connectivity index (χ1) is 16.5. The van der Waals surface area contributed by atoms with Crippen LogP contribution < -0.4 is 5.73 Å². The largest absolute Gasteiger partial charge is 0.454 e. The number of fused-ring (bicyclic) bond motifs is 1. The zero-order valence-electron chi connectivity index (χ0n) is 18.8. The van der Waals surface area contributed by atoms with E-state index in [-0.39, 0.29) is 0 Å². The lowest BCUT2D eigenvalue weighted by atomic mass is 9.88. The van der Waals surface area contributed by atoms with Gasteiger partial charge in [-0.1, -0.05) is 78.3 Å². The van der Waals surface area contributed by atoms with E-state index in [1.165, 1.54) is 17.3 Å². The predicted octanol–water partition coefficient (Wildman–Crippen LogP) is 6.20. The molecule has 0 fully saturated rings. The van der Waals surface area contributed by atoms with Gasteiger partial charge in [-0.2, -0.15) is 0 Å². The Balaban J connectivity index is 1.37. The molecule has 0 bridgehead atoms. The molecule has 2 unspecified atom stereocenters. The molecule has 3 aliphatic rings. The number of benzene rings is 2. The van der Waals surface area contributed by atoms with E-state index in [0.717, 1.165) is 16.6 Å². The van der Waals surface area contributed by atoms with Crippen LogP contribution in [0.25, 0.3) is 11.5 Å². The van der Waals surface area contributed by atoms with Crippen molar-refractivity contribution in [3.05, 3.63) is 87.9 Å². The van der Waals surface area contributed by atoms with E-state index in [0.29, 0.717) is 39.4 Å². The highest BCUT2D eigenvalue weighted by atomic mass is 79.9. The third-order valence-corrected chi connectivity index (χ3v) is 7.24. The lowest BCUT2D eigenvalue weighted by Crippen LogP contribution is -2.17. The molecule has 0 spiro atoms. The lowest BCUT2D eigenvalue weighted by molar-refractivity contribution is -0.0278. The van der Waals surface area contributed by atoms with E-state index in [1.54, 1.807) is 12.6 Å². The lowest BCUT2D eigenvalue weighted by Gasteiger charge is -2.23. The molecule has 2 aromatic rings. The Morgan fingerprint density at radius 3 is 2.62 bits per heavy atom. The maximum atomic E-state index is 6.15. The first-order valence-corrected chi connectivity index (χ1v) is 12.6. The van der Waals surface area contributed by atoms with Gasteiger partial charge in [0.1, 0.15) is 6.26 Å². The van der Waals surface area contributed by atoms with Crippen molar-refractivity contribution in [2.75, 3.05) is 5.73 Å². The minimum atomic E-state index is -0.517. The summed E-state index contributed by atoms with van der Waals surface area (Å²) in [7, 11) is 0. The van der Waals surface area contributed by atoms with Crippen LogP contribution in [0.4, 0.5) is 5.82 Å². The number of ether oxygens (including phenoxy) is 2. The molecule has 7 nitrogen and oxygen atoms in total. The molecule has 174 valence electrons. The molecule has 0 aliphatic carbocycles. The van der Waals surface area contributed by atoms with Crippen molar-refractivity contribution >= 4 is 33.5 Å². The van der Waals surface area contributed by atoms with Gasteiger partial charge in [0.2, 0.25) is 5.09 Å². The van der Waals surface area contributed by atoms with E-state index in [1.807, 2.05) is 34.9 Å². The summed E-state index contributed by atoms with van der Waals surface area (Å²) >= 11 is 4.84. The monoisotopic (exact) mass is 537 g/mol. The Bertz CT molecular complexity index is 1290. The Morgan fingerprint density at radius 2 is 1.85 bits per heavy atom. The molecule has 2 aromatic carbocycles. The van der Waals surface area contributed by atoms with Crippen molar-refractivity contribution in [3.8, 4) is 11.5 Å². The molecule has 0 radical (unpaired) electrons. The van der Waals surface area contributed by atoms with Gasteiger partial charge >= 0.3 is 0 Å². The molecule has 34 heavy (non-hydrogen) atoms. The minimum absolute atomic E-state index is 0.298. The van der Waals surface area contributed by atoms with Gasteiger partial charge in [0, 0.05) is 22.5 Å². The van der Waals surface area contributed by atoms with Crippen molar-refractivity contribution in [1.29, 1.82) is 0 Å². The quantitative estimate of drug-likeness (QED) is 0.300. The van der Waals surface area contributed by atoms with Crippen molar-refractivity contribution in [2.45, 2.75) is 37.8 Å². The number of hydrogen-bond acceptors (Lipinski definition) is 7. The Hall–Kier alpha value is -3.04. The third kappa shape index (κ3) is 4.63. The number of nitrogen functional groups attached to an aromatic ring is 1. The molecular formula is C25H24BrN5O2S. The topological polar surface area (TPSA) is 88.1 Å². The summed E-state index contributed by atoms with van der Waals surface area (Å²) in [4.78, 5) is 13.8. The summed E-state index contributed by atoms with van der Waals surface area (Å²) in [6.45, 7) is 5.17. The summed E-state index contributed by atoms with van der Waals surface area (Å²) < 4.78 is 14.7. The maximum absolute atomic E-state index is 6.15. The zero-order chi connectivity index (χ0) is 23.7. The van der Waals surface area contributed by atoms with Crippen molar-refractivity contribution < 1.29 is 9.47 Å². The SMILES string of the molecule is CC(C)C(Cn1cnc(N)c2nc(SC3=COC(c4ccccc4Br)O3)nc1-2)c1ccccc1. The van der Waals surface area contributed by atoms with E-state index in [9.17, 15) is 0 Å². The average Bonchev–Trinajstić information content (AvgIpc) is 3.47. The molecule has 0 saturated carbocycles. The van der Waals surface area contributed by atoms with Gasteiger partial charge in [0.25, 0.3) is 6.29 Å². The second kappa shape index (κ2) is 9.68. The van der Waals surface area contributed by atoms with E-state index in [2.05, 4.69) is 64.0 Å². The van der Waals surface area contributed by atoms with E-state index in [4.69, 9.17) is 20.2 Å². The van der Waals surface area contributed by atoms with Crippen molar-refractivity contribution in [1.82, 2.24) is 19.5 Å². The van der Waals surface area contributed by atoms with Crippen LogP contribution in [0.15, 0.2) is 81.9 Å². The standard InChI is InChI=1S/C25H24BrN5O2S/c1-15(2)18(16-8-4-3-5-9-16)12-31-14-28-22(27)21-23(31)30-25(29-21)34-20-13-32-24(33-20)17-10-6-7-11-19(17)26/h3-11,13-15,18,24H,12,27H2,1-2H3. The second-order valence-electron chi connectivity index (χ2n) is 8.37. The Kier molecular flexibility index (Phi) is 6.47. The molecule has 9 heteroatoms. The number of imidazole rings is 1. The summed E-state index contributed by atoms with van der Waals surface area (Å²) in [6, 6.07) is 18.3. The Morgan fingerprint density at radius 1 is 1.09 bits per heavy atom. The van der Waals surface area contributed by atoms with Crippen LogP contribution in [0.2, 0.25) is 0 Å². The molecule has 2 N–H and O–H groups in total. The molecule has 3 heterocycles. The fourth-order valence-corrected chi connectivity index (χ4v) is 5.11. The highest BCUT2D eigenvalue weighted by molar-refractivity contribution is 9.10. The molecule has 0 amide bonds. The minimum Gasteiger partial charge on any atom is -0.454 e. The molecule has 5 rings (SSSR count). The average molecular weight is 538 g/mol. The highest BCUT2D eigenvalue weighted by Crippen LogP contribution is 2.40. The van der Waals surface area contributed by atoms with Crippen LogP contribution in [-0.2, 0) is 16.0 Å². The first-order valence-electron chi connectivity index (χ1n) is 11.0. The molecule has 3 aliphatic heterocycles. The summed E-state index contributed by atoms with van der Waals surface area (Å²) in [5.74, 6) is 1.79. The van der Waals surface area contributed by atoms with Crippen LogP contribution >= 0.6 is 27.7 Å². The summed E-state index contributed by atoms with van der Waals surface area (Å²) in [6.07, 6.45) is 2.82. The van der Waals surface area contributed by atoms with Crippen LogP contribution in [0.5, 0.6) is 0 Å². The molecular weight excluding hydrogens is 514 g/mol. The maximum Gasteiger partial charge on any atom is 0.268 e. The predicted molar refractivity (Wildman–Crippen MR) is 136 cm³/mol. The number of anilines is 1. The van der Waals surface area contributed by atoms with Gasteiger partial charge < -0.3 is 19.8 Å². The number of halogens is 1. The molecule has 2 atom stereocenters. The molecule has 0 aromatic heterocycles. The third-order valence-electron chi connectivity index (χ3n) is 5.76. The number of nitrogens with zero attached hydrogens (tertiary/aromatic N) is 4. The van der Waals surface area contributed by atoms with Gasteiger partial charge in [-0.15, -0.1) is 0 Å². The van der Waals surface area contributed by atoms with Crippen LogP contribution in [0.3, 0.4) is 0 Å². The van der Waals surface area contributed by atoms with Crippen LogP contribution in [-0.4, -0.2) is 19.5 Å². The number of rotatable bonds is 7. The van der Waals surface area contributed by atoms with Gasteiger partial charge in [-0.05, 0) is 29.3 Å². The summed E-state index contributed by atoms with van der Waals surface area (Å²) in [5.41, 5.74) is 8.93. The number of nitrogens with two attached hydrogens (primary N) is 1. The number of thioether (sulfide) groups is 1. The van der Waals surface area contributed by atoms with Gasteiger partial charge in [-0.25, -0.2) is 15.0 Å². The van der Waals surface area contributed by atoms with Crippen LogP contribution in [0, 0.1) is 5.92 Å². The number of aromatic nitrogens is 4. The normalized spacial score (nSPS) is 16.4. The van der Waals surface area contributed by atoms with Gasteiger partial charge in [0.05, 0.1) is 6.33 Å². The van der Waals surface area contributed by atoms with E-state index < -0.39 is 6.29 Å². The molecule has 0 saturated heterocycles. The van der Waals surface area contributed by atoms with E-state index >= 15 is 0 Å². The number of hydrogen-bond donors (Lipinski definition) is 1. The zero-order valence-corrected chi connectivity index (χ0v) is 21.2. The highest BCUT2D eigenvalue weighted by Gasteiger charge is 2.27. The smallest absolute Gasteiger partial charge is 0.268 e. The van der Waals surface area contributed by atoms with Crippen molar-refractivity contribution in [2.24, 2.45) is 5.92 Å². The van der Waals surface area contributed by atoms with Gasteiger partial charge in [0.15, 0.2) is 22.5 Å². The van der Waals surface area contributed by atoms with Crippen LogP contribution in [0.1, 0.15) is 37.2 Å². The summed E-state index contributed by atoms with van der Waals surface area (Å²) in [5, 5.41) is 1.12. The van der Waals surface area contributed by atoms with Gasteiger partial charge in [-0.3, -0.25) is 0 Å². The fourth-order valence-electron chi connectivity index (χ4n) is 3.95. The van der Waals surface area contributed by atoms with Crippen molar-refractivity contribution in [3.63, 3.8) is 0 Å². The first kappa shape index (κ1) is 22.7. The Labute approximate surface area is 210 Å².